The molecule has 1 fully saturated rings. The summed E-state index contributed by atoms with van der Waals surface area (Å²) < 4.78 is 32.1. The fourth-order valence-corrected chi connectivity index (χ4v) is 2.26. The molecule has 2 N–H and O–H groups in total. The number of aliphatic hydroxyl groups excluding tert-OH is 1. The molecule has 2 aromatic rings. The number of benzene rings is 2. The lowest BCUT2D eigenvalue weighted by atomic mass is 10.1. The Kier molecular flexibility index (Phi) is 4.76. The molecule has 1 atom stereocenters. The number of rotatable bonds is 6. The van der Waals surface area contributed by atoms with E-state index >= 15 is 0 Å². The molecule has 0 heterocycles. The number of anilines is 1. The summed E-state index contributed by atoms with van der Waals surface area (Å²) in [5.74, 6) is -0.722. The number of halogens is 2. The van der Waals surface area contributed by atoms with Gasteiger partial charge in [-0.1, -0.05) is 0 Å². The lowest BCUT2D eigenvalue weighted by Gasteiger charge is -2.14. The first-order valence-electron chi connectivity index (χ1n) is 7.69. The summed E-state index contributed by atoms with van der Waals surface area (Å²) in [6.45, 7) is -0.214. The van der Waals surface area contributed by atoms with E-state index < -0.39 is 17.7 Å². The van der Waals surface area contributed by atoms with Crippen molar-refractivity contribution in [3.63, 3.8) is 0 Å². The van der Waals surface area contributed by atoms with Gasteiger partial charge in [0.15, 0.2) is 0 Å². The third-order valence-electron chi connectivity index (χ3n) is 3.79. The lowest BCUT2D eigenvalue weighted by Crippen LogP contribution is -2.13. The Morgan fingerprint density at radius 1 is 1.21 bits per heavy atom. The number of hydrogen-bond donors (Lipinski definition) is 2. The fourth-order valence-electron chi connectivity index (χ4n) is 2.26. The average molecular weight is 333 g/mol. The molecule has 24 heavy (non-hydrogen) atoms. The SMILES string of the molecule is O=C(Nc1ccc(OCC(O)c2cc(F)ccc2F)cc1)C1CC1. The van der Waals surface area contributed by atoms with E-state index in [2.05, 4.69) is 5.32 Å². The van der Waals surface area contributed by atoms with Gasteiger partial charge in [-0.25, -0.2) is 8.78 Å². The fraction of sp³-hybridized carbons (Fsp3) is 0.278. The Balaban J connectivity index is 1.56. The Hall–Kier alpha value is -2.47. The average Bonchev–Trinajstić information content (AvgIpc) is 3.41. The van der Waals surface area contributed by atoms with Crippen LogP contribution >= 0.6 is 0 Å². The number of nitrogens with one attached hydrogen (secondary N) is 1. The lowest BCUT2D eigenvalue weighted by molar-refractivity contribution is -0.117. The molecule has 2 aromatic carbocycles. The molecule has 1 aliphatic rings. The van der Waals surface area contributed by atoms with Gasteiger partial charge < -0.3 is 15.2 Å². The Labute approximate surface area is 138 Å². The standard InChI is InChI=1S/C18H17F2NO3/c19-12-3-8-16(20)15(9-12)17(22)10-24-14-6-4-13(5-7-14)21-18(23)11-1-2-11/h3-9,11,17,22H,1-2,10H2,(H,21,23). The maximum atomic E-state index is 13.6. The van der Waals surface area contributed by atoms with Crippen molar-refractivity contribution in [3.05, 3.63) is 59.7 Å². The van der Waals surface area contributed by atoms with Gasteiger partial charge in [0.1, 0.15) is 30.1 Å². The first-order valence-corrected chi connectivity index (χ1v) is 7.69. The highest BCUT2D eigenvalue weighted by atomic mass is 19.1. The normalized spacial score (nSPS) is 15.0. The minimum absolute atomic E-state index is 0.0145. The predicted molar refractivity (Wildman–Crippen MR) is 84.6 cm³/mol. The Bertz CT molecular complexity index is 730. The van der Waals surface area contributed by atoms with Crippen molar-refractivity contribution < 1.29 is 23.4 Å². The number of aliphatic hydroxyl groups is 1. The van der Waals surface area contributed by atoms with E-state index in [-0.39, 0.29) is 24.0 Å². The van der Waals surface area contributed by atoms with Crippen molar-refractivity contribution in [2.75, 3.05) is 11.9 Å². The summed E-state index contributed by atoms with van der Waals surface area (Å²) in [7, 11) is 0. The molecule has 1 unspecified atom stereocenters. The smallest absolute Gasteiger partial charge is 0.227 e. The van der Waals surface area contributed by atoms with E-state index in [0.29, 0.717) is 11.4 Å². The first kappa shape index (κ1) is 16.4. The van der Waals surface area contributed by atoms with E-state index in [1.165, 1.54) is 0 Å². The third-order valence-corrected chi connectivity index (χ3v) is 3.79. The summed E-state index contributed by atoms with van der Waals surface area (Å²) in [6, 6.07) is 9.54. The van der Waals surface area contributed by atoms with E-state index in [9.17, 15) is 18.7 Å². The second-order valence-corrected chi connectivity index (χ2v) is 5.78. The highest BCUT2D eigenvalue weighted by molar-refractivity contribution is 5.94. The summed E-state index contributed by atoms with van der Waals surface area (Å²) in [5, 5.41) is 12.7. The van der Waals surface area contributed by atoms with Gasteiger partial charge in [-0.2, -0.15) is 0 Å². The maximum absolute atomic E-state index is 13.6. The minimum Gasteiger partial charge on any atom is -0.491 e. The van der Waals surface area contributed by atoms with E-state index in [1.807, 2.05) is 0 Å². The van der Waals surface area contributed by atoms with E-state index in [1.54, 1.807) is 24.3 Å². The molecule has 0 bridgehead atoms. The van der Waals surface area contributed by atoms with Gasteiger partial charge in [0, 0.05) is 17.2 Å². The maximum Gasteiger partial charge on any atom is 0.227 e. The number of ether oxygens (including phenoxy) is 1. The molecule has 1 amide bonds. The van der Waals surface area contributed by atoms with Gasteiger partial charge in [0.25, 0.3) is 0 Å². The topological polar surface area (TPSA) is 58.6 Å². The van der Waals surface area contributed by atoms with Crippen LogP contribution in [0.3, 0.4) is 0 Å². The zero-order valence-electron chi connectivity index (χ0n) is 12.8. The zero-order valence-corrected chi connectivity index (χ0v) is 12.8. The number of amides is 1. The highest BCUT2D eigenvalue weighted by Gasteiger charge is 2.29. The van der Waals surface area contributed by atoms with Crippen LogP contribution in [-0.4, -0.2) is 17.6 Å². The molecule has 6 heteroatoms. The van der Waals surface area contributed by atoms with Gasteiger partial charge in [-0.3, -0.25) is 4.79 Å². The summed E-state index contributed by atoms with van der Waals surface area (Å²) >= 11 is 0. The van der Waals surface area contributed by atoms with Crippen LogP contribution in [-0.2, 0) is 4.79 Å². The largest absolute Gasteiger partial charge is 0.491 e. The second-order valence-electron chi connectivity index (χ2n) is 5.78. The minimum atomic E-state index is -1.28. The molecule has 4 nitrogen and oxygen atoms in total. The Morgan fingerprint density at radius 3 is 2.58 bits per heavy atom. The van der Waals surface area contributed by atoms with Gasteiger partial charge >= 0.3 is 0 Å². The van der Waals surface area contributed by atoms with Crippen molar-refractivity contribution in [3.8, 4) is 5.75 Å². The Morgan fingerprint density at radius 2 is 1.92 bits per heavy atom. The molecule has 0 saturated heterocycles. The summed E-state index contributed by atoms with van der Waals surface area (Å²) in [6.07, 6.45) is 0.582. The molecule has 0 spiro atoms. The van der Waals surface area contributed by atoms with Crippen LogP contribution < -0.4 is 10.1 Å². The van der Waals surface area contributed by atoms with Crippen LogP contribution in [0.15, 0.2) is 42.5 Å². The molecular formula is C18H17F2NO3. The number of carbonyl (C=O) groups is 1. The van der Waals surface area contributed by atoms with Gasteiger partial charge in [0.2, 0.25) is 5.91 Å². The number of hydrogen-bond acceptors (Lipinski definition) is 3. The monoisotopic (exact) mass is 333 g/mol. The van der Waals surface area contributed by atoms with E-state index in [4.69, 9.17) is 4.74 Å². The van der Waals surface area contributed by atoms with Gasteiger partial charge in [0.05, 0.1) is 0 Å². The van der Waals surface area contributed by atoms with Crippen LogP contribution in [0.2, 0.25) is 0 Å². The van der Waals surface area contributed by atoms with Crippen molar-refractivity contribution >= 4 is 11.6 Å². The van der Waals surface area contributed by atoms with Crippen LogP contribution in [0.5, 0.6) is 5.75 Å². The predicted octanol–water partition coefficient (Wildman–Crippen LogP) is 3.43. The highest BCUT2D eigenvalue weighted by Crippen LogP contribution is 2.30. The molecule has 0 aromatic heterocycles. The molecular weight excluding hydrogens is 316 g/mol. The summed E-state index contributed by atoms with van der Waals surface area (Å²) in [4.78, 5) is 11.6. The molecule has 1 aliphatic carbocycles. The molecule has 3 rings (SSSR count). The van der Waals surface area contributed by atoms with Crippen molar-refractivity contribution in [1.29, 1.82) is 0 Å². The van der Waals surface area contributed by atoms with Crippen molar-refractivity contribution in [2.24, 2.45) is 5.92 Å². The molecule has 1 saturated carbocycles. The second kappa shape index (κ2) is 6.97. The van der Waals surface area contributed by atoms with Crippen molar-refractivity contribution in [1.82, 2.24) is 0 Å². The zero-order chi connectivity index (χ0) is 17.1. The quantitative estimate of drug-likeness (QED) is 0.851. The van der Waals surface area contributed by atoms with E-state index in [0.717, 1.165) is 31.0 Å². The molecule has 0 aliphatic heterocycles. The van der Waals surface area contributed by atoms with Crippen LogP contribution in [0.1, 0.15) is 24.5 Å². The van der Waals surface area contributed by atoms with Crippen molar-refractivity contribution in [2.45, 2.75) is 18.9 Å². The number of carbonyl (C=O) groups excluding carboxylic acids is 1. The summed E-state index contributed by atoms with van der Waals surface area (Å²) in [5.41, 5.74) is 0.513. The van der Waals surface area contributed by atoms with Gasteiger partial charge in [-0.15, -0.1) is 0 Å². The first-order chi connectivity index (χ1) is 11.5. The van der Waals surface area contributed by atoms with Crippen LogP contribution in [0, 0.1) is 17.6 Å². The van der Waals surface area contributed by atoms with Gasteiger partial charge in [-0.05, 0) is 55.3 Å². The molecule has 126 valence electrons. The van der Waals surface area contributed by atoms with Crippen LogP contribution in [0.4, 0.5) is 14.5 Å². The third kappa shape index (κ3) is 4.08. The molecule has 0 radical (unpaired) electrons. The van der Waals surface area contributed by atoms with Crippen LogP contribution in [0.25, 0.3) is 0 Å².